The smallest absolute Gasteiger partial charge is 0.227 e. The Morgan fingerprint density at radius 3 is 2.04 bits per heavy atom. The van der Waals surface area contributed by atoms with Gasteiger partial charge in [-0.2, -0.15) is 0 Å². The number of nitrogens with one attached hydrogen (secondary N) is 1. The largest absolute Gasteiger partial charge is 0.494 e. The van der Waals surface area contributed by atoms with Crippen LogP contribution in [0.3, 0.4) is 0 Å². The Kier molecular flexibility index (Phi) is 6.45. The normalized spacial score (nSPS) is 11.1. The first-order valence-corrected chi connectivity index (χ1v) is 8.26. The number of carbonyl (C=O) groups is 1. The third-order valence-corrected chi connectivity index (χ3v) is 3.67. The zero-order chi connectivity index (χ0) is 17.4. The zero-order valence-electron chi connectivity index (χ0n) is 14.4. The lowest BCUT2D eigenvalue weighted by Crippen LogP contribution is -2.27. The Morgan fingerprint density at radius 2 is 1.54 bits per heavy atom. The van der Waals surface area contributed by atoms with Crippen LogP contribution in [0.1, 0.15) is 43.4 Å². The van der Waals surface area contributed by atoms with Gasteiger partial charge in [0, 0.05) is 17.7 Å². The zero-order valence-corrected chi connectivity index (χ0v) is 14.4. The van der Waals surface area contributed by atoms with Crippen molar-refractivity contribution in [3.8, 4) is 17.6 Å². The molecule has 0 saturated carbocycles. The van der Waals surface area contributed by atoms with Gasteiger partial charge in [-0.25, -0.2) is 0 Å². The molecule has 0 aromatic heterocycles. The summed E-state index contributed by atoms with van der Waals surface area (Å²) in [5.74, 6) is 7.02. The molecule has 1 N–H and O–H groups in total. The van der Waals surface area contributed by atoms with Crippen LogP contribution in [-0.4, -0.2) is 19.1 Å². The molecule has 0 bridgehead atoms. The maximum absolute atomic E-state index is 11.9. The minimum absolute atomic E-state index is 0.0470. The summed E-state index contributed by atoms with van der Waals surface area (Å²) in [6, 6.07) is 15.6. The van der Waals surface area contributed by atoms with Crippen molar-refractivity contribution in [3.63, 3.8) is 0 Å². The van der Waals surface area contributed by atoms with Crippen molar-refractivity contribution in [2.75, 3.05) is 13.2 Å². The number of benzene rings is 2. The molecule has 3 nitrogen and oxygen atoms in total. The first kappa shape index (κ1) is 17.6. The average molecular weight is 321 g/mol. The number of amides is 1. The van der Waals surface area contributed by atoms with Crippen molar-refractivity contribution in [2.24, 2.45) is 0 Å². The second kappa shape index (κ2) is 8.79. The van der Waals surface area contributed by atoms with Crippen LogP contribution in [0.5, 0.6) is 5.75 Å². The molecule has 0 aliphatic carbocycles. The van der Waals surface area contributed by atoms with E-state index in [2.05, 4.69) is 17.2 Å². The maximum Gasteiger partial charge on any atom is 0.227 e. The molecule has 124 valence electrons. The molecule has 24 heavy (non-hydrogen) atoms. The summed E-state index contributed by atoms with van der Waals surface area (Å²) in [5, 5.41) is 2.84. The molecule has 1 unspecified atom stereocenters. The van der Waals surface area contributed by atoms with Crippen molar-refractivity contribution in [3.05, 3.63) is 65.2 Å². The van der Waals surface area contributed by atoms with Gasteiger partial charge in [0.15, 0.2) is 0 Å². The molecule has 0 heterocycles. The van der Waals surface area contributed by atoms with Gasteiger partial charge in [-0.3, -0.25) is 4.79 Å². The van der Waals surface area contributed by atoms with Gasteiger partial charge in [-0.1, -0.05) is 24.0 Å². The molecule has 0 saturated heterocycles. The Labute approximate surface area is 144 Å². The van der Waals surface area contributed by atoms with Gasteiger partial charge in [-0.15, -0.1) is 0 Å². The van der Waals surface area contributed by atoms with Crippen LogP contribution >= 0.6 is 0 Å². The topological polar surface area (TPSA) is 38.3 Å². The van der Waals surface area contributed by atoms with Gasteiger partial charge in [0.25, 0.3) is 0 Å². The molecule has 2 aromatic rings. The Balaban J connectivity index is 2.05. The van der Waals surface area contributed by atoms with Crippen LogP contribution in [0.25, 0.3) is 0 Å². The van der Waals surface area contributed by atoms with Crippen molar-refractivity contribution in [2.45, 2.75) is 26.7 Å². The number of likely N-dealkylation sites (N-methyl/N-ethyl adjacent to an activating group) is 1. The molecule has 0 spiro atoms. The van der Waals surface area contributed by atoms with E-state index in [1.165, 1.54) is 0 Å². The minimum atomic E-state index is -0.155. The number of carbonyl (C=O) groups excluding carboxylic acids is 1. The molecule has 1 atom stereocenters. The Bertz CT molecular complexity index is 721. The van der Waals surface area contributed by atoms with Gasteiger partial charge in [0.2, 0.25) is 5.91 Å². The van der Waals surface area contributed by atoms with Crippen molar-refractivity contribution >= 4 is 5.91 Å². The molecule has 2 rings (SSSR count). The Hall–Kier alpha value is -2.73. The molecule has 0 radical (unpaired) electrons. The van der Waals surface area contributed by atoms with E-state index in [0.717, 1.165) is 22.4 Å². The van der Waals surface area contributed by atoms with E-state index in [1.807, 2.05) is 69.3 Å². The molecule has 0 aliphatic heterocycles. The van der Waals surface area contributed by atoms with Crippen molar-refractivity contribution in [1.82, 2.24) is 5.32 Å². The van der Waals surface area contributed by atoms with Crippen molar-refractivity contribution in [1.29, 1.82) is 0 Å². The quantitative estimate of drug-likeness (QED) is 0.852. The molecule has 0 aliphatic rings. The number of rotatable bonds is 5. The molecular weight excluding hydrogens is 298 g/mol. The first-order valence-electron chi connectivity index (χ1n) is 8.26. The Morgan fingerprint density at radius 1 is 1.00 bits per heavy atom. The highest BCUT2D eigenvalue weighted by molar-refractivity contribution is 5.83. The summed E-state index contributed by atoms with van der Waals surface area (Å²) in [6.07, 6.45) is 0. The fourth-order valence-electron chi connectivity index (χ4n) is 2.28. The molecule has 3 heteroatoms. The van der Waals surface area contributed by atoms with Crippen LogP contribution in [0.4, 0.5) is 0 Å². The van der Waals surface area contributed by atoms with E-state index < -0.39 is 0 Å². The van der Waals surface area contributed by atoms with E-state index in [-0.39, 0.29) is 11.8 Å². The molecule has 2 aromatic carbocycles. The second-order valence-corrected chi connectivity index (χ2v) is 5.45. The third-order valence-electron chi connectivity index (χ3n) is 3.67. The van der Waals surface area contributed by atoms with E-state index in [9.17, 15) is 4.79 Å². The van der Waals surface area contributed by atoms with Crippen LogP contribution in [0.2, 0.25) is 0 Å². The summed E-state index contributed by atoms with van der Waals surface area (Å²) in [4.78, 5) is 11.9. The highest BCUT2D eigenvalue weighted by Gasteiger charge is 2.13. The molecule has 0 fully saturated rings. The predicted octanol–water partition coefficient (Wildman–Crippen LogP) is 3.72. The van der Waals surface area contributed by atoms with E-state index >= 15 is 0 Å². The summed E-state index contributed by atoms with van der Waals surface area (Å²) in [6.45, 7) is 7.10. The lowest BCUT2D eigenvalue weighted by atomic mass is 9.99. The highest BCUT2D eigenvalue weighted by atomic mass is 16.5. The monoisotopic (exact) mass is 321 g/mol. The second-order valence-electron chi connectivity index (χ2n) is 5.45. The summed E-state index contributed by atoms with van der Waals surface area (Å²) in [5.41, 5.74) is 2.86. The van der Waals surface area contributed by atoms with Crippen molar-refractivity contribution < 1.29 is 9.53 Å². The predicted molar refractivity (Wildman–Crippen MR) is 97.1 cm³/mol. The summed E-state index contributed by atoms with van der Waals surface area (Å²) < 4.78 is 5.41. The van der Waals surface area contributed by atoms with E-state index in [0.29, 0.717) is 13.2 Å². The first-order chi connectivity index (χ1) is 11.6. The van der Waals surface area contributed by atoms with Gasteiger partial charge in [-0.05, 0) is 62.7 Å². The number of hydrogen-bond donors (Lipinski definition) is 1. The lowest BCUT2D eigenvalue weighted by molar-refractivity contribution is -0.122. The maximum atomic E-state index is 11.9. The van der Waals surface area contributed by atoms with Gasteiger partial charge >= 0.3 is 0 Å². The number of ether oxygens (including phenoxy) is 1. The fraction of sp³-hybridized carbons (Fsp3) is 0.286. The van der Waals surface area contributed by atoms with Crippen LogP contribution in [0.15, 0.2) is 48.5 Å². The lowest BCUT2D eigenvalue weighted by Gasteiger charge is -2.11. The van der Waals surface area contributed by atoms with E-state index in [1.54, 1.807) is 0 Å². The number of hydrogen-bond acceptors (Lipinski definition) is 2. The highest BCUT2D eigenvalue weighted by Crippen LogP contribution is 2.16. The summed E-state index contributed by atoms with van der Waals surface area (Å²) >= 11 is 0. The van der Waals surface area contributed by atoms with Crippen LogP contribution < -0.4 is 10.1 Å². The standard InChI is InChI=1S/C21H23NO2/c1-4-22-21(23)16(3)19-12-8-17(9-13-19)6-7-18-10-14-20(15-11-18)24-5-2/h8-16H,4-5H2,1-3H3,(H,22,23). The van der Waals surface area contributed by atoms with Crippen LogP contribution in [0, 0.1) is 11.8 Å². The van der Waals surface area contributed by atoms with Gasteiger partial charge in [0.05, 0.1) is 12.5 Å². The SMILES string of the molecule is CCNC(=O)C(C)c1ccc(C#Cc2ccc(OCC)cc2)cc1. The van der Waals surface area contributed by atoms with Gasteiger partial charge in [0.1, 0.15) is 5.75 Å². The third kappa shape index (κ3) is 4.89. The van der Waals surface area contributed by atoms with Crippen LogP contribution in [-0.2, 0) is 4.79 Å². The molecular formula is C21H23NO2. The average Bonchev–Trinajstić information content (AvgIpc) is 2.61. The summed E-state index contributed by atoms with van der Waals surface area (Å²) in [7, 11) is 0. The van der Waals surface area contributed by atoms with Gasteiger partial charge < -0.3 is 10.1 Å². The minimum Gasteiger partial charge on any atom is -0.494 e. The van der Waals surface area contributed by atoms with E-state index in [4.69, 9.17) is 4.74 Å². The fourth-order valence-corrected chi connectivity index (χ4v) is 2.28. The molecule has 1 amide bonds.